The summed E-state index contributed by atoms with van der Waals surface area (Å²) in [4.78, 5) is 39.8. The molecule has 0 aromatic heterocycles. The monoisotopic (exact) mass is 486 g/mol. The first-order valence-corrected chi connectivity index (χ1v) is 11.4. The van der Waals surface area contributed by atoms with E-state index in [0.29, 0.717) is 17.0 Å². The maximum absolute atomic E-state index is 13.0. The topological polar surface area (TPSA) is 75.7 Å². The van der Waals surface area contributed by atoms with E-state index in [9.17, 15) is 14.4 Å². The lowest BCUT2D eigenvalue weighted by Crippen LogP contribution is -2.52. The van der Waals surface area contributed by atoms with Gasteiger partial charge < -0.3 is 15.0 Å². The Balaban J connectivity index is 1.70. The molecule has 2 aromatic rings. The van der Waals surface area contributed by atoms with Crippen LogP contribution >= 0.6 is 15.9 Å². The molecule has 0 saturated heterocycles. The predicted octanol–water partition coefficient (Wildman–Crippen LogP) is 4.51. The molecule has 0 fully saturated rings. The molecular formula is C24H27BrN2O4. The number of hydrogen-bond donors (Lipinski definition) is 1. The molecule has 1 heterocycles. The molecule has 1 atom stereocenters. The number of amides is 2. The average Bonchev–Trinajstić information content (AvgIpc) is 2.80. The van der Waals surface area contributed by atoms with Gasteiger partial charge in [0.1, 0.15) is 5.75 Å². The molecule has 1 aliphatic rings. The van der Waals surface area contributed by atoms with Crippen molar-refractivity contribution >= 4 is 39.2 Å². The van der Waals surface area contributed by atoms with Gasteiger partial charge in [-0.3, -0.25) is 14.4 Å². The summed E-state index contributed by atoms with van der Waals surface area (Å²) in [6.45, 7) is 4.15. The van der Waals surface area contributed by atoms with Gasteiger partial charge in [-0.05, 0) is 37.1 Å². The van der Waals surface area contributed by atoms with Crippen LogP contribution in [0.2, 0.25) is 0 Å². The maximum atomic E-state index is 13.0. The summed E-state index contributed by atoms with van der Waals surface area (Å²) >= 11 is 3.35. The van der Waals surface area contributed by atoms with Gasteiger partial charge in [0.05, 0.1) is 12.2 Å². The molecule has 0 radical (unpaired) electrons. The van der Waals surface area contributed by atoms with Crippen LogP contribution in [0, 0.1) is 0 Å². The molecule has 7 heteroatoms. The highest BCUT2D eigenvalue weighted by molar-refractivity contribution is 9.10. The summed E-state index contributed by atoms with van der Waals surface area (Å²) in [5.41, 5.74) is 1.19. The van der Waals surface area contributed by atoms with Crippen molar-refractivity contribution in [2.24, 2.45) is 0 Å². The molecule has 6 nitrogen and oxygen atoms in total. The molecule has 31 heavy (non-hydrogen) atoms. The SMILES string of the molecule is CCC(CC)NC(=O)C1CN(C(=O)CCC(=O)c2ccc(Br)cc2)c2ccccc2O1. The summed E-state index contributed by atoms with van der Waals surface area (Å²) in [7, 11) is 0. The average molecular weight is 487 g/mol. The van der Waals surface area contributed by atoms with E-state index in [2.05, 4.69) is 21.2 Å². The Bertz CT molecular complexity index is 941. The normalized spacial score (nSPS) is 15.2. The zero-order chi connectivity index (χ0) is 22.4. The van der Waals surface area contributed by atoms with E-state index in [-0.39, 0.29) is 43.0 Å². The van der Waals surface area contributed by atoms with Crippen molar-refractivity contribution in [2.45, 2.75) is 51.7 Å². The van der Waals surface area contributed by atoms with Crippen molar-refractivity contribution in [2.75, 3.05) is 11.4 Å². The fourth-order valence-electron chi connectivity index (χ4n) is 3.53. The minimum Gasteiger partial charge on any atom is -0.477 e. The van der Waals surface area contributed by atoms with E-state index < -0.39 is 6.10 Å². The number of fused-ring (bicyclic) bond motifs is 1. The minimum absolute atomic E-state index is 0.0596. The molecule has 1 aliphatic heterocycles. The van der Waals surface area contributed by atoms with E-state index in [1.807, 2.05) is 19.9 Å². The van der Waals surface area contributed by atoms with E-state index in [4.69, 9.17) is 4.74 Å². The number of Topliss-reactive ketones (excluding diaryl/α,β-unsaturated/α-hetero) is 1. The van der Waals surface area contributed by atoms with Crippen LogP contribution in [0.3, 0.4) is 0 Å². The third kappa shape index (κ3) is 5.73. The van der Waals surface area contributed by atoms with Gasteiger partial charge in [0.2, 0.25) is 5.91 Å². The Hall–Kier alpha value is -2.67. The number of anilines is 1. The number of rotatable bonds is 8. The molecular weight excluding hydrogens is 460 g/mol. The molecule has 0 bridgehead atoms. The molecule has 1 N–H and O–H groups in total. The molecule has 164 valence electrons. The Labute approximate surface area is 191 Å². The van der Waals surface area contributed by atoms with Gasteiger partial charge in [-0.1, -0.05) is 54.0 Å². The molecule has 2 aromatic carbocycles. The Morgan fingerprint density at radius 2 is 1.74 bits per heavy atom. The van der Waals surface area contributed by atoms with Crippen molar-refractivity contribution in [3.8, 4) is 5.75 Å². The van der Waals surface area contributed by atoms with Crippen LogP contribution in [-0.2, 0) is 9.59 Å². The van der Waals surface area contributed by atoms with Crippen LogP contribution in [0.1, 0.15) is 49.9 Å². The third-order valence-corrected chi connectivity index (χ3v) is 5.96. The van der Waals surface area contributed by atoms with Crippen LogP contribution < -0.4 is 15.0 Å². The van der Waals surface area contributed by atoms with Crippen molar-refractivity contribution in [1.29, 1.82) is 0 Å². The molecule has 0 saturated carbocycles. The lowest BCUT2D eigenvalue weighted by atomic mass is 10.1. The number of nitrogens with one attached hydrogen (secondary N) is 1. The lowest BCUT2D eigenvalue weighted by Gasteiger charge is -2.34. The minimum atomic E-state index is -0.790. The molecule has 0 spiro atoms. The van der Waals surface area contributed by atoms with Gasteiger partial charge in [0, 0.05) is 28.9 Å². The fraction of sp³-hybridized carbons (Fsp3) is 0.375. The number of benzene rings is 2. The summed E-state index contributed by atoms with van der Waals surface area (Å²) in [5.74, 6) is -0.0371. The van der Waals surface area contributed by atoms with Crippen LogP contribution in [0.4, 0.5) is 5.69 Å². The lowest BCUT2D eigenvalue weighted by molar-refractivity contribution is -0.129. The van der Waals surface area contributed by atoms with Crippen LogP contribution in [0.15, 0.2) is 53.0 Å². The smallest absolute Gasteiger partial charge is 0.263 e. The van der Waals surface area contributed by atoms with Crippen LogP contribution in [0.5, 0.6) is 5.75 Å². The quantitative estimate of drug-likeness (QED) is 0.556. The Morgan fingerprint density at radius 1 is 1.06 bits per heavy atom. The first-order valence-electron chi connectivity index (χ1n) is 10.6. The Kier molecular flexibility index (Phi) is 7.85. The molecule has 3 rings (SSSR count). The van der Waals surface area contributed by atoms with Gasteiger partial charge in [-0.2, -0.15) is 0 Å². The van der Waals surface area contributed by atoms with Crippen molar-refractivity contribution in [1.82, 2.24) is 5.32 Å². The maximum Gasteiger partial charge on any atom is 0.263 e. The van der Waals surface area contributed by atoms with E-state index in [0.717, 1.165) is 17.3 Å². The highest BCUT2D eigenvalue weighted by Crippen LogP contribution is 2.33. The summed E-state index contributed by atoms with van der Waals surface area (Å²) in [6, 6.07) is 14.3. The highest BCUT2D eigenvalue weighted by Gasteiger charge is 2.34. The molecule has 2 amide bonds. The van der Waals surface area contributed by atoms with Crippen molar-refractivity contribution in [3.63, 3.8) is 0 Å². The van der Waals surface area contributed by atoms with Crippen LogP contribution in [0.25, 0.3) is 0 Å². The number of para-hydroxylation sites is 2. The highest BCUT2D eigenvalue weighted by atomic mass is 79.9. The fourth-order valence-corrected chi connectivity index (χ4v) is 3.79. The molecule has 1 unspecified atom stereocenters. The Morgan fingerprint density at radius 3 is 2.42 bits per heavy atom. The number of nitrogens with zero attached hydrogens (tertiary/aromatic N) is 1. The zero-order valence-corrected chi connectivity index (χ0v) is 19.4. The van der Waals surface area contributed by atoms with Crippen molar-refractivity contribution in [3.05, 3.63) is 58.6 Å². The number of carbonyl (C=O) groups excluding carboxylic acids is 3. The van der Waals surface area contributed by atoms with Gasteiger partial charge >= 0.3 is 0 Å². The second kappa shape index (κ2) is 10.6. The summed E-state index contributed by atoms with van der Waals surface area (Å²) in [6.07, 6.45) is 1.02. The van der Waals surface area contributed by atoms with E-state index in [1.54, 1.807) is 47.4 Å². The molecule has 0 aliphatic carbocycles. The second-order valence-corrected chi connectivity index (χ2v) is 8.45. The largest absolute Gasteiger partial charge is 0.477 e. The first kappa shape index (κ1) is 23.0. The zero-order valence-electron chi connectivity index (χ0n) is 17.8. The number of hydrogen-bond acceptors (Lipinski definition) is 4. The number of ketones is 1. The van der Waals surface area contributed by atoms with E-state index in [1.165, 1.54) is 0 Å². The van der Waals surface area contributed by atoms with Gasteiger partial charge in [0.15, 0.2) is 11.9 Å². The number of halogens is 1. The number of ether oxygens (including phenoxy) is 1. The number of carbonyl (C=O) groups is 3. The van der Waals surface area contributed by atoms with Gasteiger partial charge in [-0.25, -0.2) is 0 Å². The summed E-state index contributed by atoms with van der Waals surface area (Å²) < 4.78 is 6.78. The predicted molar refractivity (Wildman–Crippen MR) is 123 cm³/mol. The standard InChI is InChI=1S/C24H27BrN2O4/c1-3-18(4-2)26-24(30)22-15-27(19-7-5-6-8-21(19)31-22)23(29)14-13-20(28)16-9-11-17(25)12-10-16/h5-12,18,22H,3-4,13-15H2,1-2H3,(H,26,30). The summed E-state index contributed by atoms with van der Waals surface area (Å²) in [5, 5.41) is 2.99. The first-order chi connectivity index (χ1) is 14.9. The van der Waals surface area contributed by atoms with Gasteiger partial charge in [-0.15, -0.1) is 0 Å². The third-order valence-electron chi connectivity index (χ3n) is 5.43. The second-order valence-electron chi connectivity index (χ2n) is 7.53. The van der Waals surface area contributed by atoms with Crippen LogP contribution in [-0.4, -0.2) is 36.3 Å². The van der Waals surface area contributed by atoms with Gasteiger partial charge in [0.25, 0.3) is 5.91 Å². The van der Waals surface area contributed by atoms with Crippen molar-refractivity contribution < 1.29 is 19.1 Å². The van der Waals surface area contributed by atoms with E-state index >= 15 is 0 Å².